The molecule has 0 fully saturated rings. The molecule has 0 saturated carbocycles. The topological polar surface area (TPSA) is 39.4 Å². The summed E-state index contributed by atoms with van der Waals surface area (Å²) in [5.41, 5.74) is 0.217. The summed E-state index contributed by atoms with van der Waals surface area (Å²) in [6, 6.07) is 4.97. The fourth-order valence-corrected chi connectivity index (χ4v) is 1.48. The van der Waals surface area contributed by atoms with Crippen molar-refractivity contribution in [1.29, 1.82) is 0 Å². The summed E-state index contributed by atoms with van der Waals surface area (Å²) >= 11 is 5.66. The van der Waals surface area contributed by atoms with Crippen molar-refractivity contribution in [2.24, 2.45) is 0 Å². The number of fused-ring (bicyclic) bond motifs is 1. The minimum Gasteiger partial charge on any atom is -0.489 e. The van der Waals surface area contributed by atoms with E-state index in [0.29, 0.717) is 23.3 Å². The maximum Gasteiger partial charge on any atom is 0.211 e. The fourth-order valence-electron chi connectivity index (χ4n) is 1.33. The zero-order chi connectivity index (χ0) is 11.5. The van der Waals surface area contributed by atoms with Crippen LogP contribution in [0, 0.1) is 0 Å². The van der Waals surface area contributed by atoms with Crippen LogP contribution in [0.5, 0.6) is 5.75 Å². The van der Waals surface area contributed by atoms with Gasteiger partial charge in [-0.2, -0.15) is 0 Å². The first-order chi connectivity index (χ1) is 7.72. The molecule has 3 nitrogen and oxygen atoms in total. The molecule has 0 aliphatic rings. The zero-order valence-corrected chi connectivity index (χ0v) is 9.16. The maximum atomic E-state index is 11.6. The van der Waals surface area contributed by atoms with Crippen LogP contribution in [-0.2, 0) is 0 Å². The minimum absolute atomic E-state index is 0.0762. The van der Waals surface area contributed by atoms with E-state index in [9.17, 15) is 4.79 Å². The summed E-state index contributed by atoms with van der Waals surface area (Å²) in [5, 5.41) is 0.519. The lowest BCUT2D eigenvalue weighted by molar-refractivity contribution is 0.363. The molecule has 1 aromatic carbocycles. The predicted molar refractivity (Wildman–Crippen MR) is 63.2 cm³/mol. The van der Waals surface area contributed by atoms with Gasteiger partial charge in [-0.3, -0.25) is 4.79 Å². The Balaban J connectivity index is 2.51. The summed E-state index contributed by atoms with van der Waals surface area (Å²) in [6.45, 7) is 3.95. The molecule has 0 bridgehead atoms. The van der Waals surface area contributed by atoms with Crippen LogP contribution in [0.4, 0.5) is 0 Å². The van der Waals surface area contributed by atoms with E-state index in [0.717, 1.165) is 0 Å². The summed E-state index contributed by atoms with van der Waals surface area (Å²) in [5.74, 6) is 0.623. The number of rotatable bonds is 3. The van der Waals surface area contributed by atoms with Crippen molar-refractivity contribution in [3.63, 3.8) is 0 Å². The Labute approximate surface area is 96.9 Å². The SMILES string of the molecule is C=CCOc1ccc2c(=O)c(Cl)coc2c1. The molecule has 0 amide bonds. The average molecular weight is 237 g/mol. The molecule has 0 spiro atoms. The fraction of sp³-hybridized carbons (Fsp3) is 0.0833. The highest BCUT2D eigenvalue weighted by Crippen LogP contribution is 2.20. The van der Waals surface area contributed by atoms with Crippen LogP contribution in [-0.4, -0.2) is 6.61 Å². The van der Waals surface area contributed by atoms with Gasteiger partial charge in [-0.25, -0.2) is 0 Å². The maximum absolute atomic E-state index is 11.6. The van der Waals surface area contributed by atoms with E-state index in [1.54, 1.807) is 24.3 Å². The highest BCUT2D eigenvalue weighted by Gasteiger charge is 2.05. The van der Waals surface area contributed by atoms with Gasteiger partial charge in [0.25, 0.3) is 0 Å². The molecular weight excluding hydrogens is 228 g/mol. The Morgan fingerprint density at radius 1 is 1.50 bits per heavy atom. The Kier molecular flexibility index (Phi) is 2.97. The molecule has 0 unspecified atom stereocenters. The Morgan fingerprint density at radius 2 is 2.31 bits per heavy atom. The van der Waals surface area contributed by atoms with Gasteiger partial charge in [-0.05, 0) is 12.1 Å². The zero-order valence-electron chi connectivity index (χ0n) is 8.40. The molecule has 2 rings (SSSR count). The molecular formula is C12H9ClO3. The predicted octanol–water partition coefficient (Wildman–Crippen LogP) is 3.01. The van der Waals surface area contributed by atoms with Crippen LogP contribution >= 0.6 is 11.6 Å². The third-order valence-electron chi connectivity index (χ3n) is 2.07. The first kappa shape index (κ1) is 10.8. The van der Waals surface area contributed by atoms with Gasteiger partial charge in [-0.1, -0.05) is 24.3 Å². The Bertz CT molecular complexity index is 586. The first-order valence-electron chi connectivity index (χ1n) is 4.67. The molecule has 16 heavy (non-hydrogen) atoms. The van der Waals surface area contributed by atoms with Crippen molar-refractivity contribution in [3.8, 4) is 5.75 Å². The quantitative estimate of drug-likeness (QED) is 0.769. The van der Waals surface area contributed by atoms with Crippen LogP contribution in [0.1, 0.15) is 0 Å². The Hall–Kier alpha value is -1.74. The lowest BCUT2D eigenvalue weighted by Gasteiger charge is -2.03. The van der Waals surface area contributed by atoms with Crippen molar-refractivity contribution in [1.82, 2.24) is 0 Å². The Morgan fingerprint density at radius 3 is 3.06 bits per heavy atom. The van der Waals surface area contributed by atoms with E-state index in [4.69, 9.17) is 20.8 Å². The number of halogens is 1. The summed E-state index contributed by atoms with van der Waals surface area (Å²) in [4.78, 5) is 11.6. The second-order valence-corrected chi connectivity index (χ2v) is 3.58. The lowest BCUT2D eigenvalue weighted by Crippen LogP contribution is -2.01. The molecule has 4 heteroatoms. The van der Waals surface area contributed by atoms with Crippen molar-refractivity contribution >= 4 is 22.6 Å². The first-order valence-corrected chi connectivity index (χ1v) is 5.05. The van der Waals surface area contributed by atoms with Gasteiger partial charge in [0, 0.05) is 6.07 Å². The minimum atomic E-state index is -0.238. The van der Waals surface area contributed by atoms with Crippen LogP contribution in [0.3, 0.4) is 0 Å². The van der Waals surface area contributed by atoms with E-state index in [1.807, 2.05) is 0 Å². The molecule has 0 N–H and O–H groups in total. The van der Waals surface area contributed by atoms with Crippen LogP contribution < -0.4 is 10.2 Å². The highest BCUT2D eigenvalue weighted by atomic mass is 35.5. The van der Waals surface area contributed by atoms with Gasteiger partial charge < -0.3 is 9.15 Å². The summed E-state index contributed by atoms with van der Waals surface area (Å²) < 4.78 is 10.5. The lowest BCUT2D eigenvalue weighted by atomic mass is 10.2. The van der Waals surface area contributed by atoms with Gasteiger partial charge in [0.2, 0.25) is 5.43 Å². The van der Waals surface area contributed by atoms with E-state index in [-0.39, 0.29) is 10.5 Å². The monoisotopic (exact) mass is 236 g/mol. The number of ether oxygens (including phenoxy) is 1. The highest BCUT2D eigenvalue weighted by molar-refractivity contribution is 6.30. The van der Waals surface area contributed by atoms with Gasteiger partial charge in [-0.15, -0.1) is 0 Å². The molecule has 82 valence electrons. The third kappa shape index (κ3) is 1.95. The molecule has 0 aliphatic carbocycles. The third-order valence-corrected chi connectivity index (χ3v) is 2.33. The standard InChI is InChI=1S/C12H9ClO3/c1-2-5-15-8-3-4-9-11(6-8)16-7-10(13)12(9)14/h2-4,6-7H,1,5H2. The van der Waals surface area contributed by atoms with Crippen LogP contribution in [0.2, 0.25) is 5.02 Å². The van der Waals surface area contributed by atoms with E-state index in [1.165, 1.54) is 6.26 Å². The average Bonchev–Trinajstić information content (AvgIpc) is 2.31. The van der Waals surface area contributed by atoms with Crippen molar-refractivity contribution in [2.45, 2.75) is 0 Å². The van der Waals surface area contributed by atoms with Gasteiger partial charge >= 0.3 is 0 Å². The van der Waals surface area contributed by atoms with Crippen molar-refractivity contribution < 1.29 is 9.15 Å². The van der Waals surface area contributed by atoms with E-state index < -0.39 is 0 Å². The molecule has 0 aliphatic heterocycles. The van der Waals surface area contributed by atoms with Crippen LogP contribution in [0.25, 0.3) is 11.0 Å². The number of benzene rings is 1. The number of hydrogen-bond acceptors (Lipinski definition) is 3. The van der Waals surface area contributed by atoms with E-state index >= 15 is 0 Å². The van der Waals surface area contributed by atoms with Crippen LogP contribution in [0.15, 0.2) is 46.3 Å². The second kappa shape index (κ2) is 4.41. The van der Waals surface area contributed by atoms with Crippen molar-refractivity contribution in [3.05, 3.63) is 52.4 Å². The number of hydrogen-bond donors (Lipinski definition) is 0. The molecule has 0 saturated heterocycles. The molecule has 1 aromatic heterocycles. The second-order valence-electron chi connectivity index (χ2n) is 3.17. The van der Waals surface area contributed by atoms with Gasteiger partial charge in [0.1, 0.15) is 29.2 Å². The molecule has 2 aromatic rings. The van der Waals surface area contributed by atoms with E-state index in [2.05, 4.69) is 6.58 Å². The normalized spacial score (nSPS) is 10.3. The molecule has 1 heterocycles. The summed E-state index contributed by atoms with van der Waals surface area (Å²) in [6.07, 6.45) is 2.87. The summed E-state index contributed by atoms with van der Waals surface area (Å²) in [7, 11) is 0. The van der Waals surface area contributed by atoms with Crippen molar-refractivity contribution in [2.75, 3.05) is 6.61 Å². The van der Waals surface area contributed by atoms with Gasteiger partial charge in [0.05, 0.1) is 5.39 Å². The smallest absolute Gasteiger partial charge is 0.211 e. The molecule has 0 atom stereocenters. The largest absolute Gasteiger partial charge is 0.489 e. The van der Waals surface area contributed by atoms with Gasteiger partial charge in [0.15, 0.2) is 0 Å². The molecule has 0 radical (unpaired) electrons.